The van der Waals surface area contributed by atoms with Gasteiger partial charge in [0.15, 0.2) is 17.5 Å². The minimum absolute atomic E-state index is 0.0718. The highest BCUT2D eigenvalue weighted by atomic mass is 16.5. The Labute approximate surface area is 211 Å². The fourth-order valence-corrected chi connectivity index (χ4v) is 3.62. The van der Waals surface area contributed by atoms with Gasteiger partial charge in [0.1, 0.15) is 17.2 Å². The lowest BCUT2D eigenvalue weighted by Crippen LogP contribution is -2.01. The van der Waals surface area contributed by atoms with E-state index in [1.165, 1.54) is 12.8 Å². The highest BCUT2D eigenvalue weighted by molar-refractivity contribution is 5.71. The summed E-state index contributed by atoms with van der Waals surface area (Å²) in [6, 6.07) is 21.3. The number of hydrogen-bond donors (Lipinski definition) is 2. The van der Waals surface area contributed by atoms with Crippen LogP contribution in [0.3, 0.4) is 0 Å². The summed E-state index contributed by atoms with van der Waals surface area (Å²) >= 11 is 0. The van der Waals surface area contributed by atoms with Crippen molar-refractivity contribution in [3.8, 4) is 51.4 Å². The molecular formula is C29H31N3O4. The third-order valence-corrected chi connectivity index (χ3v) is 5.63. The number of rotatable bonds is 7. The van der Waals surface area contributed by atoms with E-state index in [4.69, 9.17) is 9.47 Å². The smallest absolute Gasteiger partial charge is 0.167 e. The molecule has 0 bridgehead atoms. The van der Waals surface area contributed by atoms with E-state index < -0.39 is 0 Å². The Bertz CT molecular complexity index is 1190. The number of aromatic hydroxyl groups is 2. The van der Waals surface area contributed by atoms with Crippen LogP contribution in [-0.4, -0.2) is 45.0 Å². The molecule has 0 spiro atoms. The number of unbranched alkanes of at least 4 members (excludes halogenated alkanes) is 1. The Balaban J connectivity index is 0.000000543. The van der Waals surface area contributed by atoms with E-state index in [9.17, 15) is 10.2 Å². The number of hydrogen-bond acceptors (Lipinski definition) is 7. The van der Waals surface area contributed by atoms with Gasteiger partial charge in [0.25, 0.3) is 0 Å². The molecule has 2 heterocycles. The van der Waals surface area contributed by atoms with E-state index in [1.54, 1.807) is 48.5 Å². The predicted molar refractivity (Wildman–Crippen MR) is 140 cm³/mol. The van der Waals surface area contributed by atoms with E-state index in [-0.39, 0.29) is 11.5 Å². The number of phenolic OH excluding ortho intramolecular Hbond substituents is 2. The molecule has 1 aromatic heterocycles. The standard InChI is InChI=1S/C25H23N3O3.C4H8O/c1-2-3-16-31-18-14-12-17(13-15-18)23-26-24(19-8-4-6-10-21(19)29)28-25(27-23)20-9-5-7-11-22(20)30;1-2-4-5-3-1/h4-15,29-30H,2-3,16H2,1H3;1-4H2. The summed E-state index contributed by atoms with van der Waals surface area (Å²) in [6.45, 7) is 4.80. The average molecular weight is 486 g/mol. The molecule has 1 fully saturated rings. The van der Waals surface area contributed by atoms with Gasteiger partial charge in [-0.3, -0.25) is 0 Å². The van der Waals surface area contributed by atoms with Crippen molar-refractivity contribution in [2.45, 2.75) is 32.6 Å². The molecule has 1 aliphatic rings. The number of aromatic nitrogens is 3. The molecule has 0 atom stereocenters. The summed E-state index contributed by atoms with van der Waals surface area (Å²) in [7, 11) is 0. The van der Waals surface area contributed by atoms with Gasteiger partial charge in [-0.25, -0.2) is 15.0 Å². The zero-order valence-corrected chi connectivity index (χ0v) is 20.4. The first-order chi connectivity index (χ1) is 17.7. The van der Waals surface area contributed by atoms with Crippen LogP contribution in [0.25, 0.3) is 34.2 Å². The summed E-state index contributed by atoms with van der Waals surface area (Å²) in [6.07, 6.45) is 4.64. The highest BCUT2D eigenvalue weighted by Crippen LogP contribution is 2.32. The summed E-state index contributed by atoms with van der Waals surface area (Å²) < 4.78 is 10.7. The van der Waals surface area contributed by atoms with Crippen LogP contribution >= 0.6 is 0 Å². The second-order valence-electron chi connectivity index (χ2n) is 8.39. The molecule has 0 radical (unpaired) electrons. The monoisotopic (exact) mass is 485 g/mol. The Morgan fingerprint density at radius 1 is 0.722 bits per heavy atom. The molecule has 0 unspecified atom stereocenters. The Kier molecular flexibility index (Phi) is 8.83. The normalized spacial score (nSPS) is 12.6. The molecule has 4 aromatic rings. The molecule has 0 amide bonds. The Morgan fingerprint density at radius 2 is 1.25 bits per heavy atom. The second kappa shape index (κ2) is 12.7. The lowest BCUT2D eigenvalue weighted by atomic mass is 10.1. The second-order valence-corrected chi connectivity index (χ2v) is 8.39. The van der Waals surface area contributed by atoms with Crippen molar-refractivity contribution < 1.29 is 19.7 Å². The minimum atomic E-state index is 0.0718. The Hall–Kier alpha value is -3.97. The minimum Gasteiger partial charge on any atom is -0.507 e. The molecule has 36 heavy (non-hydrogen) atoms. The van der Waals surface area contributed by atoms with Gasteiger partial charge >= 0.3 is 0 Å². The number of nitrogens with zero attached hydrogens (tertiary/aromatic N) is 3. The van der Waals surface area contributed by atoms with Gasteiger partial charge < -0.3 is 19.7 Å². The van der Waals surface area contributed by atoms with Gasteiger partial charge in [-0.2, -0.15) is 0 Å². The largest absolute Gasteiger partial charge is 0.507 e. The molecule has 1 saturated heterocycles. The van der Waals surface area contributed by atoms with Crippen LogP contribution in [0.1, 0.15) is 32.6 Å². The van der Waals surface area contributed by atoms with Crippen molar-refractivity contribution in [2.75, 3.05) is 19.8 Å². The third-order valence-electron chi connectivity index (χ3n) is 5.63. The summed E-state index contributed by atoms with van der Waals surface area (Å²) in [4.78, 5) is 13.7. The van der Waals surface area contributed by atoms with Crippen molar-refractivity contribution in [1.82, 2.24) is 15.0 Å². The van der Waals surface area contributed by atoms with E-state index in [0.717, 1.165) is 37.4 Å². The summed E-state index contributed by atoms with van der Waals surface area (Å²) in [5, 5.41) is 20.6. The maximum Gasteiger partial charge on any atom is 0.167 e. The molecule has 3 aromatic carbocycles. The zero-order chi connectivity index (χ0) is 25.2. The first-order valence-electron chi connectivity index (χ1n) is 12.3. The van der Waals surface area contributed by atoms with Crippen molar-refractivity contribution in [3.63, 3.8) is 0 Å². The Morgan fingerprint density at radius 3 is 1.72 bits per heavy atom. The summed E-state index contributed by atoms with van der Waals surface area (Å²) in [5.41, 5.74) is 1.75. The summed E-state index contributed by atoms with van der Waals surface area (Å²) in [5.74, 6) is 2.01. The predicted octanol–water partition coefficient (Wildman–Crippen LogP) is 6.26. The van der Waals surface area contributed by atoms with Crippen LogP contribution in [0, 0.1) is 0 Å². The van der Waals surface area contributed by atoms with E-state index in [0.29, 0.717) is 35.2 Å². The topological polar surface area (TPSA) is 97.6 Å². The highest BCUT2D eigenvalue weighted by Gasteiger charge is 2.16. The third kappa shape index (κ3) is 6.58. The molecule has 1 aliphatic heterocycles. The lowest BCUT2D eigenvalue weighted by Gasteiger charge is -2.10. The molecule has 2 N–H and O–H groups in total. The molecule has 7 heteroatoms. The van der Waals surface area contributed by atoms with Crippen molar-refractivity contribution in [3.05, 3.63) is 72.8 Å². The van der Waals surface area contributed by atoms with E-state index in [2.05, 4.69) is 21.9 Å². The quantitative estimate of drug-likeness (QED) is 0.298. The van der Waals surface area contributed by atoms with E-state index in [1.807, 2.05) is 24.3 Å². The number of phenols is 2. The van der Waals surface area contributed by atoms with E-state index >= 15 is 0 Å². The van der Waals surface area contributed by atoms with Crippen LogP contribution in [0.15, 0.2) is 72.8 Å². The van der Waals surface area contributed by atoms with Gasteiger partial charge in [-0.1, -0.05) is 37.6 Å². The molecule has 7 nitrogen and oxygen atoms in total. The molecule has 0 aliphatic carbocycles. The number of ether oxygens (including phenoxy) is 2. The van der Waals surface area contributed by atoms with Crippen molar-refractivity contribution in [2.24, 2.45) is 0 Å². The first kappa shape index (κ1) is 25.1. The van der Waals surface area contributed by atoms with Crippen molar-refractivity contribution in [1.29, 1.82) is 0 Å². The van der Waals surface area contributed by atoms with Gasteiger partial charge in [-0.05, 0) is 67.8 Å². The van der Waals surface area contributed by atoms with Crippen LogP contribution < -0.4 is 4.74 Å². The zero-order valence-electron chi connectivity index (χ0n) is 20.4. The molecule has 0 saturated carbocycles. The lowest BCUT2D eigenvalue weighted by molar-refractivity contribution is 0.198. The number of para-hydroxylation sites is 2. The fraction of sp³-hybridized carbons (Fsp3) is 0.276. The molecular weight excluding hydrogens is 454 g/mol. The van der Waals surface area contributed by atoms with Crippen LogP contribution in [-0.2, 0) is 4.74 Å². The molecule has 186 valence electrons. The van der Waals surface area contributed by atoms with Gasteiger partial charge in [-0.15, -0.1) is 0 Å². The average Bonchev–Trinajstić information content (AvgIpc) is 3.50. The van der Waals surface area contributed by atoms with Gasteiger partial charge in [0, 0.05) is 18.8 Å². The van der Waals surface area contributed by atoms with Crippen LogP contribution in [0.2, 0.25) is 0 Å². The van der Waals surface area contributed by atoms with Gasteiger partial charge in [0.05, 0.1) is 17.7 Å². The number of benzene rings is 3. The fourth-order valence-electron chi connectivity index (χ4n) is 3.62. The molecule has 5 rings (SSSR count). The van der Waals surface area contributed by atoms with Crippen molar-refractivity contribution >= 4 is 0 Å². The maximum atomic E-state index is 10.3. The van der Waals surface area contributed by atoms with Gasteiger partial charge in [0.2, 0.25) is 0 Å². The van der Waals surface area contributed by atoms with Crippen LogP contribution in [0.5, 0.6) is 17.2 Å². The SMILES string of the molecule is C1CCOC1.CCCCOc1ccc(-c2nc(-c3ccccc3O)nc(-c3ccccc3O)n2)cc1. The first-order valence-corrected chi connectivity index (χ1v) is 12.3. The van der Waals surface area contributed by atoms with Crippen LogP contribution in [0.4, 0.5) is 0 Å². The maximum absolute atomic E-state index is 10.3.